The number of carboxylic acid groups (broad SMARTS) is 1. The summed E-state index contributed by atoms with van der Waals surface area (Å²) in [5.74, 6) is -0.332. The lowest BCUT2D eigenvalue weighted by Crippen LogP contribution is -2.62. The Bertz CT molecular complexity index is 1030. The van der Waals surface area contributed by atoms with Crippen molar-refractivity contribution < 1.29 is 30.0 Å². The van der Waals surface area contributed by atoms with E-state index < -0.39 is 24.2 Å². The molecule has 0 unspecified atom stereocenters. The zero-order valence-electron chi connectivity index (χ0n) is 23.5. The third-order valence-electron chi connectivity index (χ3n) is 11.9. The molecule has 4 fully saturated rings. The van der Waals surface area contributed by atoms with E-state index in [0.717, 1.165) is 38.5 Å². The van der Waals surface area contributed by atoms with E-state index in [9.17, 15) is 30.0 Å². The number of aromatic amines is 1. The highest BCUT2D eigenvalue weighted by Gasteiger charge is 2.65. The summed E-state index contributed by atoms with van der Waals surface area (Å²) in [5, 5.41) is 47.7. The van der Waals surface area contributed by atoms with E-state index in [2.05, 4.69) is 36.1 Å². The highest BCUT2D eigenvalue weighted by atomic mass is 16.4. The molecule has 1 heterocycles. The monoisotopic (exact) mass is 544 g/mol. The number of aromatic nitrogens is 2. The van der Waals surface area contributed by atoms with Gasteiger partial charge in [0, 0.05) is 24.7 Å². The van der Waals surface area contributed by atoms with Crippen molar-refractivity contribution >= 4 is 11.9 Å². The predicted molar refractivity (Wildman–Crippen MR) is 142 cm³/mol. The fourth-order valence-corrected chi connectivity index (χ4v) is 9.77. The van der Waals surface area contributed by atoms with Crippen LogP contribution in [0, 0.1) is 46.3 Å². The third kappa shape index (κ3) is 5.04. The van der Waals surface area contributed by atoms with Crippen LogP contribution in [0.1, 0.15) is 84.3 Å². The molecule has 4 saturated carbocycles. The lowest BCUT2D eigenvalue weighted by atomic mass is 9.43. The number of carbonyl (C=O) groups is 2. The number of amides is 1. The molecule has 1 aromatic heterocycles. The number of carbonyl (C=O) groups excluding carboxylic acids is 2. The van der Waals surface area contributed by atoms with Gasteiger partial charge in [0.15, 0.2) is 0 Å². The fraction of sp³-hybridized carbons (Fsp3) is 0.833. The molecule has 218 valence electrons. The van der Waals surface area contributed by atoms with Gasteiger partial charge in [0.05, 0.1) is 36.7 Å². The van der Waals surface area contributed by atoms with Gasteiger partial charge in [-0.1, -0.05) is 20.8 Å². The highest BCUT2D eigenvalue weighted by molar-refractivity contribution is 5.82. The van der Waals surface area contributed by atoms with Crippen molar-refractivity contribution in [2.75, 3.05) is 0 Å². The summed E-state index contributed by atoms with van der Waals surface area (Å²) in [6, 6.07) is -1.13. The Morgan fingerprint density at radius 3 is 2.62 bits per heavy atom. The van der Waals surface area contributed by atoms with Crippen molar-refractivity contribution in [1.82, 2.24) is 15.3 Å². The fourth-order valence-electron chi connectivity index (χ4n) is 9.77. The van der Waals surface area contributed by atoms with E-state index in [1.807, 2.05) is 0 Å². The van der Waals surface area contributed by atoms with Crippen LogP contribution >= 0.6 is 0 Å². The van der Waals surface area contributed by atoms with Crippen LogP contribution in [-0.2, 0) is 16.0 Å². The summed E-state index contributed by atoms with van der Waals surface area (Å²) >= 11 is 0. The Morgan fingerprint density at radius 2 is 1.92 bits per heavy atom. The number of aliphatic hydroxyl groups is 3. The molecule has 0 aromatic carbocycles. The number of rotatable bonds is 8. The average Bonchev–Trinajstić information content (AvgIpc) is 3.52. The molecule has 4 aliphatic rings. The van der Waals surface area contributed by atoms with Crippen molar-refractivity contribution in [3.8, 4) is 0 Å². The minimum atomic E-state index is -1.33. The molecule has 5 N–H and O–H groups in total. The number of H-pyrrole nitrogens is 1. The molecule has 1 amide bonds. The van der Waals surface area contributed by atoms with Crippen LogP contribution in [0.15, 0.2) is 12.5 Å². The first kappa shape index (κ1) is 28.6. The second-order valence-corrected chi connectivity index (χ2v) is 13.8. The lowest BCUT2D eigenvalue weighted by molar-refractivity contribution is -0.308. The maximum atomic E-state index is 12.7. The van der Waals surface area contributed by atoms with Crippen molar-refractivity contribution in [3.05, 3.63) is 18.2 Å². The normalized spacial score (nSPS) is 43.0. The van der Waals surface area contributed by atoms with Gasteiger partial charge in [0.2, 0.25) is 5.91 Å². The summed E-state index contributed by atoms with van der Waals surface area (Å²) in [5.41, 5.74) is 0.324. The Kier molecular flexibility index (Phi) is 7.90. The number of carboxylic acids is 1. The molecule has 0 aliphatic heterocycles. The summed E-state index contributed by atoms with van der Waals surface area (Å²) in [7, 11) is 0. The molecule has 9 nitrogen and oxygen atoms in total. The number of nitrogens with one attached hydrogen (secondary N) is 2. The van der Waals surface area contributed by atoms with Crippen LogP contribution < -0.4 is 10.4 Å². The number of nitrogens with zero attached hydrogens (tertiary/aromatic N) is 1. The summed E-state index contributed by atoms with van der Waals surface area (Å²) in [6.45, 7) is 6.68. The summed E-state index contributed by atoms with van der Waals surface area (Å²) in [4.78, 5) is 31.1. The van der Waals surface area contributed by atoms with Crippen LogP contribution in [0.5, 0.6) is 0 Å². The second-order valence-electron chi connectivity index (χ2n) is 13.8. The molecule has 5 rings (SSSR count). The standard InChI is InChI=1S/C30H47N3O6/c1-16(4-7-26(37)33-23(28(38)39)12-18-14-31-15-32-18)20-5-6-21-27-22(13-25(36)30(20,21)3)29(2)9-8-19(34)10-17(29)11-24(27)35/h14-17,19-25,27,34-36H,4-13H2,1-3H3,(H,31,32)(H,33,37)(H,38,39)/p-1/t16-,17+,19-,20-,21+,22+,23+,24-,25+,27+,29+,30-/m1/s1. The van der Waals surface area contributed by atoms with Gasteiger partial charge >= 0.3 is 0 Å². The topological polar surface area (TPSA) is 159 Å². The summed E-state index contributed by atoms with van der Waals surface area (Å²) < 4.78 is 0. The van der Waals surface area contributed by atoms with Gasteiger partial charge in [-0.3, -0.25) is 4.79 Å². The lowest BCUT2D eigenvalue weighted by Gasteiger charge is -2.63. The van der Waals surface area contributed by atoms with E-state index in [-0.39, 0.29) is 65.3 Å². The van der Waals surface area contributed by atoms with E-state index in [1.54, 1.807) is 0 Å². The van der Waals surface area contributed by atoms with Gasteiger partial charge in [0.1, 0.15) is 0 Å². The van der Waals surface area contributed by atoms with Crippen molar-refractivity contribution in [1.29, 1.82) is 0 Å². The second kappa shape index (κ2) is 10.8. The van der Waals surface area contributed by atoms with E-state index in [4.69, 9.17) is 0 Å². The number of imidazole rings is 1. The van der Waals surface area contributed by atoms with E-state index in [0.29, 0.717) is 24.5 Å². The predicted octanol–water partition coefficient (Wildman–Crippen LogP) is 1.56. The maximum Gasteiger partial charge on any atom is 0.220 e. The molecule has 0 radical (unpaired) electrons. The Labute approximate surface area is 231 Å². The maximum absolute atomic E-state index is 12.7. The van der Waals surface area contributed by atoms with Crippen LogP contribution in [0.3, 0.4) is 0 Å². The largest absolute Gasteiger partial charge is 0.548 e. The minimum Gasteiger partial charge on any atom is -0.548 e. The molecular weight excluding hydrogens is 498 g/mol. The minimum absolute atomic E-state index is 0.0406. The first-order valence-electron chi connectivity index (χ1n) is 15.0. The quantitative estimate of drug-likeness (QED) is 0.332. The number of aliphatic hydroxyl groups excluding tert-OH is 3. The van der Waals surface area contributed by atoms with Gasteiger partial charge < -0.3 is 35.5 Å². The number of hydrogen-bond donors (Lipinski definition) is 5. The molecule has 1 aromatic rings. The van der Waals surface area contributed by atoms with E-state index >= 15 is 0 Å². The SMILES string of the molecule is C[C@H](CCC(=O)N[C@@H](Cc1cnc[nH]1)C(=O)[O-])[C@H]1CC[C@H]2[C@@H]3[C@H](O)C[C@@H]4C[C@H](O)CC[C@]4(C)[C@H]3C[C@H](O)[C@]12C. The van der Waals surface area contributed by atoms with Gasteiger partial charge in [-0.15, -0.1) is 0 Å². The average molecular weight is 545 g/mol. The molecule has 4 aliphatic carbocycles. The molecule has 0 spiro atoms. The first-order chi connectivity index (χ1) is 18.4. The molecule has 39 heavy (non-hydrogen) atoms. The number of fused-ring (bicyclic) bond motifs is 5. The molecule has 9 heteroatoms. The molecule has 12 atom stereocenters. The summed E-state index contributed by atoms with van der Waals surface area (Å²) in [6.07, 6.45) is 8.55. The molecule has 0 saturated heterocycles. The zero-order valence-corrected chi connectivity index (χ0v) is 23.5. The zero-order chi connectivity index (χ0) is 28.1. The van der Waals surface area contributed by atoms with Crippen molar-refractivity contribution in [3.63, 3.8) is 0 Å². The Morgan fingerprint density at radius 1 is 1.15 bits per heavy atom. The van der Waals surface area contributed by atoms with Crippen LogP contribution in [0.2, 0.25) is 0 Å². The van der Waals surface area contributed by atoms with Gasteiger partial charge in [-0.2, -0.15) is 0 Å². The Hall–Kier alpha value is -1.97. The third-order valence-corrected chi connectivity index (χ3v) is 11.9. The van der Waals surface area contributed by atoms with Crippen LogP contribution in [0.25, 0.3) is 0 Å². The van der Waals surface area contributed by atoms with Crippen molar-refractivity contribution in [2.24, 2.45) is 46.3 Å². The number of aliphatic carboxylic acids is 1. The molecular formula is C30H46N3O6-. The van der Waals surface area contributed by atoms with E-state index in [1.165, 1.54) is 12.5 Å². The van der Waals surface area contributed by atoms with Gasteiger partial charge in [0.25, 0.3) is 0 Å². The van der Waals surface area contributed by atoms with Gasteiger partial charge in [-0.25, -0.2) is 4.98 Å². The number of hydrogen-bond acceptors (Lipinski definition) is 7. The van der Waals surface area contributed by atoms with Crippen LogP contribution in [0.4, 0.5) is 0 Å². The van der Waals surface area contributed by atoms with Gasteiger partial charge in [-0.05, 0) is 97.7 Å². The molecule has 0 bridgehead atoms. The Balaban J connectivity index is 1.24. The highest BCUT2D eigenvalue weighted by Crippen LogP contribution is 2.68. The van der Waals surface area contributed by atoms with Crippen molar-refractivity contribution in [2.45, 2.75) is 109 Å². The van der Waals surface area contributed by atoms with Crippen LogP contribution in [-0.4, -0.2) is 61.5 Å². The first-order valence-corrected chi connectivity index (χ1v) is 15.0. The smallest absolute Gasteiger partial charge is 0.220 e.